The van der Waals surface area contributed by atoms with E-state index in [1.165, 1.54) is 6.08 Å². The maximum absolute atomic E-state index is 12.3. The Bertz CT molecular complexity index is 750. The Kier molecular flexibility index (Phi) is 6.32. The van der Waals surface area contributed by atoms with Gasteiger partial charge in [-0.3, -0.25) is 4.79 Å². The minimum absolute atomic E-state index is 0.00317. The van der Waals surface area contributed by atoms with Crippen molar-refractivity contribution in [2.75, 3.05) is 0 Å². The maximum atomic E-state index is 12.3. The van der Waals surface area contributed by atoms with Gasteiger partial charge in [0, 0.05) is 12.1 Å². The van der Waals surface area contributed by atoms with Crippen LogP contribution in [-0.4, -0.2) is 27.0 Å². The predicted molar refractivity (Wildman–Crippen MR) is 94.4 cm³/mol. The summed E-state index contributed by atoms with van der Waals surface area (Å²) in [5, 5.41) is 8.59. The molecule has 0 unspecified atom stereocenters. The van der Waals surface area contributed by atoms with E-state index in [9.17, 15) is 4.79 Å². The second-order valence-corrected chi connectivity index (χ2v) is 5.83. The first-order chi connectivity index (χ1) is 11.5. The van der Waals surface area contributed by atoms with Gasteiger partial charge in [-0.1, -0.05) is 42.0 Å². The normalized spacial score (nSPS) is 11.7. The van der Waals surface area contributed by atoms with Crippen LogP contribution < -0.4 is 0 Å². The Labute approximate surface area is 146 Å². The van der Waals surface area contributed by atoms with Gasteiger partial charge in [0.25, 0.3) is 0 Å². The van der Waals surface area contributed by atoms with Crippen molar-refractivity contribution in [1.82, 2.24) is 15.1 Å². The van der Waals surface area contributed by atoms with Crippen LogP contribution in [0.2, 0.25) is 5.02 Å². The van der Waals surface area contributed by atoms with Crippen LogP contribution in [0, 0.1) is 0 Å². The lowest BCUT2D eigenvalue weighted by atomic mass is 10.2. The van der Waals surface area contributed by atoms with Gasteiger partial charge in [0.05, 0.1) is 17.1 Å². The lowest BCUT2D eigenvalue weighted by Gasteiger charge is -2.23. The third kappa shape index (κ3) is 4.55. The fraction of sp³-hybridized carbons (Fsp3) is 0.278. The summed E-state index contributed by atoms with van der Waals surface area (Å²) in [7, 11) is 0. The molecule has 0 aliphatic heterocycles. The summed E-state index contributed by atoms with van der Waals surface area (Å²) in [5.74, 6) is 0.600. The summed E-state index contributed by atoms with van der Waals surface area (Å²) in [6.45, 7) is 6.01. The van der Waals surface area contributed by atoms with Gasteiger partial charge in [0.1, 0.15) is 0 Å². The zero-order valence-corrected chi connectivity index (χ0v) is 14.7. The highest BCUT2D eigenvalue weighted by Crippen LogP contribution is 2.26. The predicted octanol–water partition coefficient (Wildman–Crippen LogP) is 4.26. The number of hydrogen-bond acceptors (Lipinski definition) is 4. The van der Waals surface area contributed by atoms with Gasteiger partial charge >= 0.3 is 0 Å². The quantitative estimate of drug-likeness (QED) is 0.579. The molecule has 0 saturated carbocycles. The first-order valence-corrected chi connectivity index (χ1v) is 8.08. The molecule has 1 amide bonds. The number of carbonyl (C=O) groups excluding carboxylic acids is 1. The molecule has 0 bridgehead atoms. The molecule has 0 N–H and O–H groups in total. The summed E-state index contributed by atoms with van der Waals surface area (Å²) >= 11 is 6.14. The van der Waals surface area contributed by atoms with Crippen molar-refractivity contribution in [1.29, 1.82) is 0 Å². The Morgan fingerprint density at radius 1 is 1.29 bits per heavy atom. The molecule has 6 heteroatoms. The number of rotatable bonds is 6. The minimum Gasteiger partial charge on any atom is -0.419 e. The third-order valence-corrected chi connectivity index (χ3v) is 3.66. The molecule has 24 heavy (non-hydrogen) atoms. The lowest BCUT2D eigenvalue weighted by Crippen LogP contribution is -2.35. The molecular weight excluding hydrogens is 326 g/mol. The number of aromatic nitrogens is 2. The second-order valence-electron chi connectivity index (χ2n) is 5.43. The molecule has 2 aromatic rings. The Morgan fingerprint density at radius 2 is 2.04 bits per heavy atom. The standard InChI is InChI=1S/C18H20ClN3O2/c1-4-5-6-11-17(23)22(13(2)3)12-16-20-21-18(24-16)14-9-7-8-10-15(14)19/h4-11,13H,12H2,1-3H3/b5-4+,11-6+. The van der Waals surface area contributed by atoms with Gasteiger partial charge in [-0.2, -0.15) is 0 Å². The van der Waals surface area contributed by atoms with Crippen LogP contribution in [0.5, 0.6) is 0 Å². The summed E-state index contributed by atoms with van der Waals surface area (Å²) in [6, 6.07) is 7.26. The molecule has 1 aromatic heterocycles. The number of hydrogen-bond donors (Lipinski definition) is 0. The van der Waals surface area contributed by atoms with Crippen LogP contribution in [0.15, 0.2) is 53.0 Å². The van der Waals surface area contributed by atoms with Crippen molar-refractivity contribution in [2.45, 2.75) is 33.4 Å². The maximum Gasteiger partial charge on any atom is 0.249 e. The molecule has 2 rings (SSSR count). The van der Waals surface area contributed by atoms with Crippen molar-refractivity contribution in [2.24, 2.45) is 0 Å². The number of halogens is 1. The molecule has 0 spiro atoms. The van der Waals surface area contributed by atoms with Gasteiger partial charge < -0.3 is 9.32 Å². The van der Waals surface area contributed by atoms with Crippen molar-refractivity contribution >= 4 is 17.5 Å². The van der Waals surface area contributed by atoms with Gasteiger partial charge in [-0.15, -0.1) is 10.2 Å². The number of carbonyl (C=O) groups is 1. The van der Waals surface area contributed by atoms with E-state index < -0.39 is 0 Å². The minimum atomic E-state index is -0.111. The zero-order valence-electron chi connectivity index (χ0n) is 13.9. The molecule has 0 saturated heterocycles. The second kappa shape index (κ2) is 8.45. The van der Waals surface area contributed by atoms with Gasteiger partial charge in [0.15, 0.2) is 0 Å². The Hall–Kier alpha value is -2.40. The topological polar surface area (TPSA) is 59.2 Å². The van der Waals surface area contributed by atoms with Gasteiger partial charge in [-0.25, -0.2) is 0 Å². The largest absolute Gasteiger partial charge is 0.419 e. The first kappa shape index (κ1) is 17.9. The molecule has 0 atom stereocenters. The van der Waals surface area contributed by atoms with E-state index >= 15 is 0 Å². The van der Waals surface area contributed by atoms with E-state index in [-0.39, 0.29) is 18.5 Å². The van der Waals surface area contributed by atoms with E-state index in [1.54, 1.807) is 23.1 Å². The molecular formula is C18H20ClN3O2. The van der Waals surface area contributed by atoms with Crippen LogP contribution in [0.3, 0.4) is 0 Å². The molecule has 0 radical (unpaired) electrons. The molecule has 126 valence electrons. The van der Waals surface area contributed by atoms with Crippen LogP contribution in [-0.2, 0) is 11.3 Å². The van der Waals surface area contributed by atoms with Gasteiger partial charge in [-0.05, 0) is 32.9 Å². The number of amides is 1. The fourth-order valence-electron chi connectivity index (χ4n) is 2.07. The number of benzene rings is 1. The van der Waals surface area contributed by atoms with E-state index in [1.807, 2.05) is 45.0 Å². The van der Waals surface area contributed by atoms with E-state index in [2.05, 4.69) is 10.2 Å². The Balaban J connectivity index is 2.16. The zero-order chi connectivity index (χ0) is 17.5. The monoisotopic (exact) mass is 345 g/mol. The third-order valence-electron chi connectivity index (χ3n) is 3.33. The molecule has 0 aliphatic rings. The van der Waals surface area contributed by atoms with Crippen molar-refractivity contribution < 1.29 is 9.21 Å². The first-order valence-electron chi connectivity index (χ1n) is 7.70. The summed E-state index contributed by atoms with van der Waals surface area (Å²) < 4.78 is 5.67. The van der Waals surface area contributed by atoms with Crippen LogP contribution in [0.25, 0.3) is 11.5 Å². The highest BCUT2D eigenvalue weighted by atomic mass is 35.5. The molecule has 0 aliphatic carbocycles. The van der Waals surface area contributed by atoms with E-state index in [0.29, 0.717) is 22.4 Å². The molecule has 1 heterocycles. The average molecular weight is 346 g/mol. The molecule has 5 nitrogen and oxygen atoms in total. The highest BCUT2D eigenvalue weighted by molar-refractivity contribution is 6.33. The fourth-order valence-corrected chi connectivity index (χ4v) is 2.28. The van der Waals surface area contributed by atoms with Crippen molar-refractivity contribution in [3.05, 3.63) is 59.5 Å². The number of nitrogens with zero attached hydrogens (tertiary/aromatic N) is 3. The van der Waals surface area contributed by atoms with Gasteiger partial charge in [0.2, 0.25) is 17.7 Å². The average Bonchev–Trinajstić information content (AvgIpc) is 3.01. The summed E-state index contributed by atoms with van der Waals surface area (Å²) in [6.07, 6.45) is 6.89. The number of allylic oxidation sites excluding steroid dienone is 3. The van der Waals surface area contributed by atoms with Crippen molar-refractivity contribution in [3.8, 4) is 11.5 Å². The van der Waals surface area contributed by atoms with E-state index in [4.69, 9.17) is 16.0 Å². The molecule has 0 fully saturated rings. The summed E-state index contributed by atoms with van der Waals surface area (Å²) in [4.78, 5) is 13.9. The van der Waals surface area contributed by atoms with Crippen LogP contribution >= 0.6 is 11.6 Å². The van der Waals surface area contributed by atoms with Crippen LogP contribution in [0.1, 0.15) is 26.7 Å². The van der Waals surface area contributed by atoms with Crippen LogP contribution in [0.4, 0.5) is 0 Å². The Morgan fingerprint density at radius 3 is 2.71 bits per heavy atom. The SMILES string of the molecule is C/C=C/C=C/C(=O)N(Cc1nnc(-c2ccccc2Cl)o1)C(C)C. The highest BCUT2D eigenvalue weighted by Gasteiger charge is 2.19. The van der Waals surface area contributed by atoms with E-state index in [0.717, 1.165) is 0 Å². The van der Waals surface area contributed by atoms with Crippen molar-refractivity contribution in [3.63, 3.8) is 0 Å². The lowest BCUT2D eigenvalue weighted by molar-refractivity contribution is -0.128. The summed E-state index contributed by atoms with van der Waals surface area (Å²) in [5.41, 5.74) is 0.674. The molecule has 1 aromatic carbocycles. The smallest absolute Gasteiger partial charge is 0.249 e.